The number of amides is 1. The van der Waals surface area contributed by atoms with Crippen molar-refractivity contribution in [1.29, 1.82) is 0 Å². The van der Waals surface area contributed by atoms with Gasteiger partial charge in [0.2, 0.25) is 0 Å². The van der Waals surface area contributed by atoms with E-state index in [1.165, 1.54) is 0 Å². The number of nitrogens with zero attached hydrogens (tertiary/aromatic N) is 2. The highest BCUT2D eigenvalue weighted by Crippen LogP contribution is 2.50. The third-order valence-electron chi connectivity index (χ3n) is 5.64. The lowest BCUT2D eigenvalue weighted by atomic mass is 9.96. The topological polar surface area (TPSA) is 51.1 Å². The molecule has 0 aromatic heterocycles. The molecule has 3 aromatic rings. The van der Waals surface area contributed by atoms with E-state index in [2.05, 4.69) is 15.9 Å². The highest BCUT2D eigenvalue weighted by molar-refractivity contribution is 9.10. The molecule has 0 radical (unpaired) electrons. The number of fused-ring (bicyclic) bond motifs is 5. The van der Waals surface area contributed by atoms with Crippen molar-refractivity contribution < 1.29 is 14.3 Å². The number of para-hydroxylation sites is 2. The number of hydrogen-bond acceptors (Lipinski definition) is 4. The van der Waals surface area contributed by atoms with Gasteiger partial charge in [-0.15, -0.1) is 0 Å². The lowest BCUT2D eigenvalue weighted by molar-refractivity contribution is 0.0989. The third kappa shape index (κ3) is 2.82. The van der Waals surface area contributed by atoms with E-state index >= 15 is 0 Å². The number of rotatable bonds is 3. The largest absolute Gasteiger partial charge is 0.493 e. The SMILES string of the molecule is COc1ccc2c(c1OC)C(=O)N1c3ccccc3N=C(c3ccc(Br)cc3)C[C@H]21. The van der Waals surface area contributed by atoms with Crippen LogP contribution in [0.15, 0.2) is 70.1 Å². The van der Waals surface area contributed by atoms with Crippen LogP contribution in [0, 0.1) is 0 Å². The quantitative estimate of drug-likeness (QED) is 0.502. The molecule has 6 heteroatoms. The van der Waals surface area contributed by atoms with Gasteiger partial charge in [0, 0.05) is 10.9 Å². The van der Waals surface area contributed by atoms with E-state index in [9.17, 15) is 4.79 Å². The number of methoxy groups -OCH3 is 2. The number of benzene rings is 3. The van der Waals surface area contributed by atoms with Gasteiger partial charge in [0.05, 0.1) is 42.9 Å². The minimum atomic E-state index is -0.168. The molecule has 1 atom stereocenters. The van der Waals surface area contributed by atoms with Crippen molar-refractivity contribution in [3.05, 3.63) is 81.8 Å². The molecule has 30 heavy (non-hydrogen) atoms. The first-order chi connectivity index (χ1) is 14.6. The predicted octanol–water partition coefficient (Wildman–Crippen LogP) is 5.69. The molecule has 0 bridgehead atoms. The molecule has 5 nitrogen and oxygen atoms in total. The average molecular weight is 463 g/mol. The Hall–Kier alpha value is -3.12. The zero-order valence-electron chi connectivity index (χ0n) is 16.6. The molecule has 150 valence electrons. The highest BCUT2D eigenvalue weighted by Gasteiger charge is 2.43. The minimum absolute atomic E-state index is 0.0922. The van der Waals surface area contributed by atoms with E-state index in [-0.39, 0.29) is 11.9 Å². The minimum Gasteiger partial charge on any atom is -0.493 e. The van der Waals surface area contributed by atoms with E-state index in [0.717, 1.165) is 32.7 Å². The number of carbonyl (C=O) groups is 1. The number of ether oxygens (including phenoxy) is 2. The Morgan fingerprint density at radius 2 is 1.77 bits per heavy atom. The van der Waals surface area contributed by atoms with Crippen molar-refractivity contribution >= 4 is 38.9 Å². The number of hydrogen-bond donors (Lipinski definition) is 0. The Kier molecular flexibility index (Phi) is 4.59. The zero-order chi connectivity index (χ0) is 20.8. The second-order valence-electron chi connectivity index (χ2n) is 7.21. The van der Waals surface area contributed by atoms with Crippen molar-refractivity contribution in [2.75, 3.05) is 19.1 Å². The van der Waals surface area contributed by atoms with Crippen LogP contribution in [0.1, 0.15) is 33.9 Å². The van der Waals surface area contributed by atoms with Gasteiger partial charge in [-0.3, -0.25) is 14.7 Å². The molecular formula is C24H19BrN2O3. The van der Waals surface area contributed by atoms with Crippen LogP contribution in [0.4, 0.5) is 11.4 Å². The van der Waals surface area contributed by atoms with Gasteiger partial charge in [-0.1, -0.05) is 46.3 Å². The lowest BCUT2D eigenvalue weighted by Crippen LogP contribution is -2.28. The average Bonchev–Trinajstić information content (AvgIpc) is 2.94. The third-order valence-corrected chi connectivity index (χ3v) is 6.17. The molecular weight excluding hydrogens is 444 g/mol. The summed E-state index contributed by atoms with van der Waals surface area (Å²) in [4.78, 5) is 20.4. The first kappa shape index (κ1) is 18.9. The first-order valence-corrected chi connectivity index (χ1v) is 10.4. The summed E-state index contributed by atoms with van der Waals surface area (Å²) in [5.41, 5.74) is 5.06. The fourth-order valence-corrected chi connectivity index (χ4v) is 4.55. The maximum Gasteiger partial charge on any atom is 0.263 e. The van der Waals surface area contributed by atoms with Gasteiger partial charge < -0.3 is 9.47 Å². The Morgan fingerprint density at radius 3 is 2.50 bits per heavy atom. The van der Waals surface area contributed by atoms with E-state index in [4.69, 9.17) is 14.5 Å². The zero-order valence-corrected chi connectivity index (χ0v) is 18.1. The smallest absolute Gasteiger partial charge is 0.263 e. The van der Waals surface area contributed by atoms with Crippen molar-refractivity contribution in [2.24, 2.45) is 4.99 Å². The predicted molar refractivity (Wildman–Crippen MR) is 120 cm³/mol. The summed E-state index contributed by atoms with van der Waals surface area (Å²) in [6.45, 7) is 0. The van der Waals surface area contributed by atoms with E-state index in [0.29, 0.717) is 23.5 Å². The summed E-state index contributed by atoms with van der Waals surface area (Å²) in [5, 5.41) is 0. The van der Waals surface area contributed by atoms with Gasteiger partial charge in [0.25, 0.3) is 5.91 Å². The van der Waals surface area contributed by atoms with Crippen molar-refractivity contribution in [2.45, 2.75) is 12.5 Å². The summed E-state index contributed by atoms with van der Waals surface area (Å²) in [6, 6.07) is 19.5. The van der Waals surface area contributed by atoms with Gasteiger partial charge in [-0.05, 0) is 41.5 Å². The molecule has 0 N–H and O–H groups in total. The molecule has 0 saturated carbocycles. The van der Waals surface area contributed by atoms with Crippen LogP contribution in [-0.2, 0) is 0 Å². The monoisotopic (exact) mass is 462 g/mol. The van der Waals surface area contributed by atoms with Crippen LogP contribution in [0.3, 0.4) is 0 Å². The molecule has 3 aromatic carbocycles. The van der Waals surface area contributed by atoms with Gasteiger partial charge >= 0.3 is 0 Å². The molecule has 2 aliphatic heterocycles. The second kappa shape index (κ2) is 7.29. The van der Waals surface area contributed by atoms with E-state index in [1.54, 1.807) is 14.2 Å². The van der Waals surface area contributed by atoms with Gasteiger partial charge in [0.15, 0.2) is 11.5 Å². The van der Waals surface area contributed by atoms with Crippen LogP contribution in [0.25, 0.3) is 0 Å². The molecule has 0 spiro atoms. The molecule has 2 heterocycles. The molecule has 0 saturated heterocycles. The number of aliphatic imine (C=N–C) groups is 1. The molecule has 0 aliphatic carbocycles. The van der Waals surface area contributed by atoms with E-state index < -0.39 is 0 Å². The molecule has 5 rings (SSSR count). The Labute approximate surface area is 183 Å². The van der Waals surface area contributed by atoms with Crippen LogP contribution in [0.5, 0.6) is 11.5 Å². The van der Waals surface area contributed by atoms with Crippen LogP contribution in [-0.4, -0.2) is 25.8 Å². The fraction of sp³-hybridized carbons (Fsp3) is 0.167. The highest BCUT2D eigenvalue weighted by atomic mass is 79.9. The van der Waals surface area contributed by atoms with Gasteiger partial charge in [-0.2, -0.15) is 0 Å². The van der Waals surface area contributed by atoms with Gasteiger partial charge in [-0.25, -0.2) is 0 Å². The maximum atomic E-state index is 13.6. The summed E-state index contributed by atoms with van der Waals surface area (Å²) < 4.78 is 12.0. The molecule has 0 unspecified atom stereocenters. The normalized spacial score (nSPS) is 16.9. The summed E-state index contributed by atoms with van der Waals surface area (Å²) in [6.07, 6.45) is 0.602. The van der Waals surface area contributed by atoms with Gasteiger partial charge in [0.1, 0.15) is 0 Å². The molecule has 2 aliphatic rings. The standard InChI is InChI=1S/C24H19BrN2O3/c1-29-21-12-11-16-20-13-18(14-7-9-15(25)10-8-14)26-17-5-3-4-6-19(17)27(20)24(28)22(16)23(21)30-2/h3-12,20H,13H2,1-2H3/t20-/m1/s1. The molecule has 1 amide bonds. The van der Waals surface area contributed by atoms with Crippen molar-refractivity contribution in [3.8, 4) is 11.5 Å². The van der Waals surface area contributed by atoms with Crippen LogP contribution in [0.2, 0.25) is 0 Å². The Balaban J connectivity index is 1.72. The Bertz CT molecular complexity index is 1190. The van der Waals surface area contributed by atoms with Crippen molar-refractivity contribution in [1.82, 2.24) is 0 Å². The van der Waals surface area contributed by atoms with Crippen LogP contribution < -0.4 is 14.4 Å². The lowest BCUT2D eigenvalue weighted by Gasteiger charge is -2.24. The second-order valence-corrected chi connectivity index (χ2v) is 8.13. The number of carbonyl (C=O) groups excluding carboxylic acids is 1. The Morgan fingerprint density at radius 1 is 1.00 bits per heavy atom. The number of halogens is 1. The molecule has 0 fully saturated rings. The number of anilines is 1. The van der Waals surface area contributed by atoms with Crippen molar-refractivity contribution in [3.63, 3.8) is 0 Å². The fourth-order valence-electron chi connectivity index (χ4n) is 4.28. The first-order valence-electron chi connectivity index (χ1n) is 9.63. The summed E-state index contributed by atoms with van der Waals surface area (Å²) >= 11 is 3.50. The van der Waals surface area contributed by atoms with Crippen LogP contribution >= 0.6 is 15.9 Å². The maximum absolute atomic E-state index is 13.6. The van der Waals surface area contributed by atoms with E-state index in [1.807, 2.05) is 65.6 Å². The summed E-state index contributed by atoms with van der Waals surface area (Å²) in [5.74, 6) is 0.940. The summed E-state index contributed by atoms with van der Waals surface area (Å²) in [7, 11) is 3.15.